The quantitative estimate of drug-likeness (QED) is 0.642. The maximum Gasteiger partial charge on any atom is 0.0718 e. The molecule has 1 heterocycles. The molecule has 0 saturated carbocycles. The van der Waals surface area contributed by atoms with Crippen LogP contribution in [0.4, 0.5) is 0 Å². The van der Waals surface area contributed by atoms with Gasteiger partial charge in [-0.15, -0.1) is 0 Å². The van der Waals surface area contributed by atoms with E-state index in [1.807, 2.05) is 24.4 Å². The number of ether oxygens (including phenoxy) is 2. The Kier molecular flexibility index (Phi) is 4.78. The molecule has 3 heteroatoms. The Bertz CT molecular complexity index is 750. The smallest absolute Gasteiger partial charge is 0.0718 e. The van der Waals surface area contributed by atoms with Gasteiger partial charge in [0.1, 0.15) is 0 Å². The van der Waals surface area contributed by atoms with Crippen molar-refractivity contribution in [2.24, 2.45) is 0 Å². The van der Waals surface area contributed by atoms with E-state index in [0.717, 1.165) is 11.1 Å². The zero-order chi connectivity index (χ0) is 15.2. The molecule has 2 aromatic carbocycles. The van der Waals surface area contributed by atoms with Gasteiger partial charge >= 0.3 is 0 Å². The molecule has 0 atom stereocenters. The second-order valence-electron chi connectivity index (χ2n) is 5.12. The van der Waals surface area contributed by atoms with Gasteiger partial charge in [0.05, 0.1) is 25.3 Å². The van der Waals surface area contributed by atoms with E-state index in [0.29, 0.717) is 19.8 Å². The van der Waals surface area contributed by atoms with Crippen LogP contribution in [-0.4, -0.2) is 25.3 Å². The van der Waals surface area contributed by atoms with E-state index in [9.17, 15) is 0 Å². The fraction of sp³-hybridized carbons (Fsp3) is 0.211. The summed E-state index contributed by atoms with van der Waals surface area (Å²) in [6.07, 6.45) is 1.86. The molecule has 3 aromatic rings. The van der Waals surface area contributed by atoms with Gasteiger partial charge in [-0.05, 0) is 34.9 Å². The average molecular weight is 293 g/mol. The highest BCUT2D eigenvalue weighted by atomic mass is 16.5. The molecule has 0 aliphatic rings. The van der Waals surface area contributed by atoms with Crippen molar-refractivity contribution in [1.82, 2.24) is 4.98 Å². The molecule has 0 aliphatic heterocycles. The molecule has 0 spiro atoms. The van der Waals surface area contributed by atoms with Gasteiger partial charge in [-0.25, -0.2) is 0 Å². The highest BCUT2D eigenvalue weighted by Crippen LogP contribution is 2.27. The van der Waals surface area contributed by atoms with Gasteiger partial charge in [-0.2, -0.15) is 0 Å². The van der Waals surface area contributed by atoms with Gasteiger partial charge in [0, 0.05) is 18.7 Å². The van der Waals surface area contributed by atoms with Crippen molar-refractivity contribution in [2.75, 3.05) is 20.3 Å². The van der Waals surface area contributed by atoms with Crippen LogP contribution in [-0.2, 0) is 16.1 Å². The summed E-state index contributed by atoms with van der Waals surface area (Å²) in [7, 11) is 1.68. The van der Waals surface area contributed by atoms with Crippen LogP contribution in [0.3, 0.4) is 0 Å². The first-order valence-corrected chi connectivity index (χ1v) is 7.38. The summed E-state index contributed by atoms with van der Waals surface area (Å²) >= 11 is 0. The van der Waals surface area contributed by atoms with E-state index in [1.165, 1.54) is 16.5 Å². The standard InChI is InChI=1S/C19H19NO2/c1-21-11-12-22-14-15-5-4-6-16(13-15)17-9-10-20-19-8-3-2-7-18(17)19/h2-10,13H,11-12,14H2,1H3. The van der Waals surface area contributed by atoms with Crippen LogP contribution in [0.5, 0.6) is 0 Å². The van der Waals surface area contributed by atoms with E-state index in [2.05, 4.69) is 41.4 Å². The minimum Gasteiger partial charge on any atom is -0.382 e. The van der Waals surface area contributed by atoms with E-state index >= 15 is 0 Å². The number of para-hydroxylation sites is 1. The number of hydrogen-bond acceptors (Lipinski definition) is 3. The Hall–Kier alpha value is -2.23. The zero-order valence-corrected chi connectivity index (χ0v) is 12.7. The summed E-state index contributed by atoms with van der Waals surface area (Å²) < 4.78 is 10.6. The third-order valence-electron chi connectivity index (χ3n) is 3.59. The minimum atomic E-state index is 0.597. The first kappa shape index (κ1) is 14.7. The summed E-state index contributed by atoms with van der Waals surface area (Å²) in [5.74, 6) is 0. The van der Waals surface area contributed by atoms with Gasteiger partial charge in [-0.1, -0.05) is 36.4 Å². The molecule has 1 aromatic heterocycles. The fourth-order valence-electron chi connectivity index (χ4n) is 2.51. The van der Waals surface area contributed by atoms with Crippen LogP contribution in [0.25, 0.3) is 22.0 Å². The lowest BCUT2D eigenvalue weighted by atomic mass is 10.00. The van der Waals surface area contributed by atoms with Crippen molar-refractivity contribution in [2.45, 2.75) is 6.61 Å². The van der Waals surface area contributed by atoms with Crippen LogP contribution < -0.4 is 0 Å². The highest BCUT2D eigenvalue weighted by Gasteiger charge is 2.05. The zero-order valence-electron chi connectivity index (χ0n) is 12.7. The second-order valence-corrected chi connectivity index (χ2v) is 5.12. The lowest BCUT2D eigenvalue weighted by molar-refractivity contribution is 0.0617. The van der Waals surface area contributed by atoms with Crippen molar-refractivity contribution in [3.63, 3.8) is 0 Å². The van der Waals surface area contributed by atoms with Crippen LogP contribution in [0.1, 0.15) is 5.56 Å². The molecule has 0 fully saturated rings. The van der Waals surface area contributed by atoms with E-state index < -0.39 is 0 Å². The Morgan fingerprint density at radius 3 is 2.77 bits per heavy atom. The normalized spacial score (nSPS) is 11.0. The lowest BCUT2D eigenvalue weighted by Crippen LogP contribution is -2.01. The maximum absolute atomic E-state index is 5.60. The summed E-state index contributed by atoms with van der Waals surface area (Å²) in [4.78, 5) is 4.42. The number of nitrogens with zero attached hydrogens (tertiary/aromatic N) is 1. The molecule has 0 unspecified atom stereocenters. The number of pyridine rings is 1. The van der Waals surface area contributed by atoms with Gasteiger partial charge < -0.3 is 9.47 Å². The first-order chi connectivity index (χ1) is 10.9. The Balaban J connectivity index is 1.87. The van der Waals surface area contributed by atoms with Gasteiger partial charge in [0.15, 0.2) is 0 Å². The SMILES string of the molecule is COCCOCc1cccc(-c2ccnc3ccccc23)c1. The first-order valence-electron chi connectivity index (χ1n) is 7.38. The van der Waals surface area contributed by atoms with Crippen molar-refractivity contribution in [1.29, 1.82) is 0 Å². The van der Waals surface area contributed by atoms with Crippen LogP contribution in [0.15, 0.2) is 60.8 Å². The molecule has 0 saturated heterocycles. The second kappa shape index (κ2) is 7.16. The van der Waals surface area contributed by atoms with Crippen molar-refractivity contribution in [3.05, 3.63) is 66.4 Å². The topological polar surface area (TPSA) is 31.4 Å². The van der Waals surface area contributed by atoms with Crippen molar-refractivity contribution < 1.29 is 9.47 Å². The van der Waals surface area contributed by atoms with E-state index in [1.54, 1.807) is 7.11 Å². The molecule has 0 bridgehead atoms. The van der Waals surface area contributed by atoms with Crippen LogP contribution in [0.2, 0.25) is 0 Å². The number of rotatable bonds is 6. The van der Waals surface area contributed by atoms with Gasteiger partial charge in [0.25, 0.3) is 0 Å². The van der Waals surface area contributed by atoms with Crippen LogP contribution in [0, 0.1) is 0 Å². The van der Waals surface area contributed by atoms with Crippen molar-refractivity contribution >= 4 is 10.9 Å². The van der Waals surface area contributed by atoms with E-state index in [4.69, 9.17) is 9.47 Å². The number of aromatic nitrogens is 1. The summed E-state index contributed by atoms with van der Waals surface area (Å²) in [5, 5.41) is 1.17. The number of hydrogen-bond donors (Lipinski definition) is 0. The average Bonchev–Trinajstić information content (AvgIpc) is 2.58. The number of methoxy groups -OCH3 is 1. The molecule has 0 radical (unpaired) electrons. The van der Waals surface area contributed by atoms with Crippen LogP contribution >= 0.6 is 0 Å². The molecular formula is C19H19NO2. The van der Waals surface area contributed by atoms with E-state index in [-0.39, 0.29) is 0 Å². The summed E-state index contributed by atoms with van der Waals surface area (Å²) in [5.41, 5.74) is 4.56. The van der Waals surface area contributed by atoms with Gasteiger partial charge in [-0.3, -0.25) is 4.98 Å². The third kappa shape index (κ3) is 3.32. The highest BCUT2D eigenvalue weighted by molar-refractivity contribution is 5.94. The molecule has 0 amide bonds. The fourth-order valence-corrected chi connectivity index (χ4v) is 2.51. The molecule has 0 N–H and O–H groups in total. The lowest BCUT2D eigenvalue weighted by Gasteiger charge is -2.09. The molecular weight excluding hydrogens is 274 g/mol. The Labute approximate surface area is 130 Å². The largest absolute Gasteiger partial charge is 0.382 e. The number of benzene rings is 2. The van der Waals surface area contributed by atoms with Crippen molar-refractivity contribution in [3.8, 4) is 11.1 Å². The predicted octanol–water partition coefficient (Wildman–Crippen LogP) is 4.06. The maximum atomic E-state index is 5.60. The third-order valence-corrected chi connectivity index (χ3v) is 3.59. The summed E-state index contributed by atoms with van der Waals surface area (Å²) in [6, 6.07) is 18.7. The molecule has 22 heavy (non-hydrogen) atoms. The monoisotopic (exact) mass is 293 g/mol. The molecule has 3 rings (SSSR count). The molecule has 112 valence electrons. The minimum absolute atomic E-state index is 0.597. The summed E-state index contributed by atoms with van der Waals surface area (Å²) in [6.45, 7) is 1.83. The molecule has 3 nitrogen and oxygen atoms in total. The number of fused-ring (bicyclic) bond motifs is 1. The Morgan fingerprint density at radius 1 is 0.955 bits per heavy atom. The molecule has 0 aliphatic carbocycles. The Morgan fingerprint density at radius 2 is 1.86 bits per heavy atom. The van der Waals surface area contributed by atoms with Gasteiger partial charge in [0.2, 0.25) is 0 Å². The predicted molar refractivity (Wildman–Crippen MR) is 88.7 cm³/mol.